The first-order valence-electron chi connectivity index (χ1n) is 10.6. The molecule has 4 rings (SSSR count). The van der Waals surface area contributed by atoms with Crippen LogP contribution in [0.3, 0.4) is 0 Å². The molecule has 1 aliphatic heterocycles. The molecule has 2 N–H and O–H groups in total. The Hall–Kier alpha value is -3.72. The lowest BCUT2D eigenvalue weighted by Crippen LogP contribution is -2.46. The van der Waals surface area contributed by atoms with E-state index >= 15 is 0 Å². The van der Waals surface area contributed by atoms with E-state index in [0.29, 0.717) is 55.4 Å². The topological polar surface area (TPSA) is 69.7 Å². The summed E-state index contributed by atoms with van der Waals surface area (Å²) in [4.78, 5) is 20.9. The number of benzene rings is 2. The van der Waals surface area contributed by atoms with E-state index in [4.69, 9.17) is 4.74 Å². The lowest BCUT2D eigenvalue weighted by atomic mass is 10.1. The molecule has 33 heavy (non-hydrogen) atoms. The van der Waals surface area contributed by atoms with Crippen molar-refractivity contribution in [1.29, 1.82) is 0 Å². The molecule has 172 valence electrons. The Bertz CT molecular complexity index is 1100. The summed E-state index contributed by atoms with van der Waals surface area (Å²) in [5.41, 5.74) is 1.55. The van der Waals surface area contributed by atoms with Crippen molar-refractivity contribution in [2.45, 2.75) is 6.54 Å². The zero-order valence-corrected chi connectivity index (χ0v) is 18.2. The van der Waals surface area contributed by atoms with Gasteiger partial charge in [0.15, 0.2) is 11.6 Å². The van der Waals surface area contributed by atoms with Crippen LogP contribution in [-0.2, 0) is 6.54 Å². The van der Waals surface area contributed by atoms with Crippen LogP contribution in [0, 0.1) is 11.6 Å². The van der Waals surface area contributed by atoms with Crippen LogP contribution in [-0.4, -0.2) is 49.2 Å². The summed E-state index contributed by atoms with van der Waals surface area (Å²) >= 11 is 0. The second kappa shape index (κ2) is 10.3. The highest BCUT2D eigenvalue weighted by Crippen LogP contribution is 2.20. The van der Waals surface area contributed by atoms with Gasteiger partial charge in [0.2, 0.25) is 0 Å². The summed E-state index contributed by atoms with van der Waals surface area (Å²) in [5.74, 6) is -0.147. The van der Waals surface area contributed by atoms with Gasteiger partial charge in [-0.2, -0.15) is 0 Å². The number of carbonyl (C=O) groups excluding carboxylic acids is 1. The molecule has 0 saturated carbocycles. The van der Waals surface area contributed by atoms with Crippen LogP contribution < -0.4 is 20.3 Å². The summed E-state index contributed by atoms with van der Waals surface area (Å²) in [7, 11) is 1.57. The van der Waals surface area contributed by atoms with Gasteiger partial charge in [0.1, 0.15) is 11.6 Å². The predicted molar refractivity (Wildman–Crippen MR) is 124 cm³/mol. The first-order chi connectivity index (χ1) is 16.0. The van der Waals surface area contributed by atoms with Gasteiger partial charge in [-0.25, -0.2) is 18.6 Å². The highest BCUT2D eigenvalue weighted by atomic mass is 19.2. The molecule has 1 aliphatic rings. The molecule has 7 nitrogen and oxygen atoms in total. The number of nitrogens with one attached hydrogen (secondary N) is 2. The van der Waals surface area contributed by atoms with Crippen LogP contribution in [0.15, 0.2) is 60.8 Å². The van der Waals surface area contributed by atoms with Crippen LogP contribution in [0.2, 0.25) is 0 Å². The number of urea groups is 1. The van der Waals surface area contributed by atoms with Crippen LogP contribution in [0.5, 0.6) is 5.75 Å². The van der Waals surface area contributed by atoms with Gasteiger partial charge in [0, 0.05) is 50.0 Å². The third kappa shape index (κ3) is 5.75. The molecule has 0 aliphatic carbocycles. The number of halogens is 2. The van der Waals surface area contributed by atoms with Crippen molar-refractivity contribution in [2.75, 3.05) is 48.8 Å². The SMILES string of the molecule is COc1cccc(NC(=O)Nc2ccc(N3CCN(Cc4cccc(F)c4F)CC3)nc2)c1. The van der Waals surface area contributed by atoms with Gasteiger partial charge in [-0.05, 0) is 30.3 Å². The molecule has 0 radical (unpaired) electrons. The molecule has 9 heteroatoms. The molecule has 2 heterocycles. The van der Waals surface area contributed by atoms with E-state index in [1.54, 1.807) is 49.7 Å². The fraction of sp³-hybridized carbons (Fsp3) is 0.250. The van der Waals surface area contributed by atoms with Gasteiger partial charge >= 0.3 is 6.03 Å². The van der Waals surface area contributed by atoms with Gasteiger partial charge < -0.3 is 20.3 Å². The summed E-state index contributed by atoms with van der Waals surface area (Å²) in [5, 5.41) is 5.51. The number of ether oxygens (including phenoxy) is 1. The Morgan fingerprint density at radius 2 is 1.76 bits per heavy atom. The number of nitrogens with zero attached hydrogens (tertiary/aromatic N) is 3. The number of methoxy groups -OCH3 is 1. The van der Waals surface area contributed by atoms with Gasteiger partial charge in [0.25, 0.3) is 0 Å². The van der Waals surface area contributed by atoms with E-state index in [2.05, 4.69) is 25.4 Å². The molecule has 0 bridgehead atoms. The van der Waals surface area contributed by atoms with Crippen molar-refractivity contribution in [1.82, 2.24) is 9.88 Å². The molecule has 2 aromatic carbocycles. The summed E-state index contributed by atoms with van der Waals surface area (Å²) in [6.45, 7) is 3.22. The molecule has 3 aromatic rings. The number of anilines is 3. The van der Waals surface area contributed by atoms with Crippen LogP contribution in [0.1, 0.15) is 5.56 Å². The van der Waals surface area contributed by atoms with E-state index < -0.39 is 11.6 Å². The molecule has 2 amide bonds. The molecule has 0 atom stereocenters. The quantitative estimate of drug-likeness (QED) is 0.581. The Labute approximate surface area is 191 Å². The maximum atomic E-state index is 13.9. The van der Waals surface area contributed by atoms with Gasteiger partial charge in [-0.15, -0.1) is 0 Å². The van der Waals surface area contributed by atoms with E-state index in [9.17, 15) is 13.6 Å². The highest BCUT2D eigenvalue weighted by molar-refractivity contribution is 5.99. The van der Waals surface area contributed by atoms with Crippen molar-refractivity contribution in [3.8, 4) is 5.75 Å². The minimum Gasteiger partial charge on any atom is -0.497 e. The predicted octanol–water partition coefficient (Wildman–Crippen LogP) is 4.33. The second-order valence-electron chi connectivity index (χ2n) is 7.69. The Morgan fingerprint density at radius 3 is 2.48 bits per heavy atom. The summed E-state index contributed by atoms with van der Waals surface area (Å²) in [6.07, 6.45) is 1.61. The lowest BCUT2D eigenvalue weighted by Gasteiger charge is -2.35. The highest BCUT2D eigenvalue weighted by Gasteiger charge is 2.20. The maximum Gasteiger partial charge on any atom is 0.323 e. The average molecular weight is 453 g/mol. The second-order valence-corrected chi connectivity index (χ2v) is 7.69. The van der Waals surface area contributed by atoms with Crippen LogP contribution in [0.25, 0.3) is 0 Å². The van der Waals surface area contributed by atoms with Crippen LogP contribution >= 0.6 is 0 Å². The number of hydrogen-bond donors (Lipinski definition) is 2. The Kier molecular flexibility index (Phi) is 6.99. The number of amides is 2. The Balaban J connectivity index is 1.28. The molecular weight excluding hydrogens is 428 g/mol. The minimum absolute atomic E-state index is 0.365. The number of rotatable bonds is 6. The van der Waals surface area contributed by atoms with Crippen molar-refractivity contribution >= 4 is 23.2 Å². The molecule has 1 saturated heterocycles. The smallest absolute Gasteiger partial charge is 0.323 e. The summed E-state index contributed by atoms with van der Waals surface area (Å²) < 4.78 is 32.5. The molecule has 0 unspecified atom stereocenters. The van der Waals surface area contributed by atoms with E-state index in [0.717, 1.165) is 11.9 Å². The fourth-order valence-corrected chi connectivity index (χ4v) is 3.69. The third-order valence-electron chi connectivity index (χ3n) is 5.46. The van der Waals surface area contributed by atoms with Gasteiger partial charge in [-0.1, -0.05) is 18.2 Å². The number of piperazine rings is 1. The minimum atomic E-state index is -0.818. The van der Waals surface area contributed by atoms with Crippen molar-refractivity contribution in [3.63, 3.8) is 0 Å². The molecule has 1 fully saturated rings. The summed E-state index contributed by atoms with van der Waals surface area (Å²) in [6, 6.07) is 14.6. The van der Waals surface area contributed by atoms with Gasteiger partial charge in [0.05, 0.1) is 19.0 Å². The largest absolute Gasteiger partial charge is 0.497 e. The first kappa shape index (κ1) is 22.5. The molecule has 0 spiro atoms. The lowest BCUT2D eigenvalue weighted by molar-refractivity contribution is 0.245. The van der Waals surface area contributed by atoms with E-state index in [-0.39, 0.29) is 6.03 Å². The van der Waals surface area contributed by atoms with Crippen molar-refractivity contribution in [3.05, 3.63) is 78.0 Å². The van der Waals surface area contributed by atoms with Gasteiger partial charge in [-0.3, -0.25) is 4.90 Å². The number of hydrogen-bond acceptors (Lipinski definition) is 5. The molecular formula is C24H25F2N5O2. The zero-order chi connectivity index (χ0) is 23.2. The van der Waals surface area contributed by atoms with E-state index in [1.165, 1.54) is 6.07 Å². The maximum absolute atomic E-state index is 13.9. The number of aromatic nitrogens is 1. The zero-order valence-electron chi connectivity index (χ0n) is 18.2. The molecule has 1 aromatic heterocycles. The van der Waals surface area contributed by atoms with Crippen molar-refractivity contribution in [2.24, 2.45) is 0 Å². The number of pyridine rings is 1. The van der Waals surface area contributed by atoms with Crippen molar-refractivity contribution < 1.29 is 18.3 Å². The average Bonchev–Trinajstić information content (AvgIpc) is 2.83. The normalized spacial score (nSPS) is 14.1. The fourth-order valence-electron chi connectivity index (χ4n) is 3.69. The van der Waals surface area contributed by atoms with E-state index in [1.807, 2.05) is 6.07 Å². The number of carbonyl (C=O) groups is 1. The first-order valence-corrected chi connectivity index (χ1v) is 10.6. The Morgan fingerprint density at radius 1 is 1.00 bits per heavy atom. The van der Waals surface area contributed by atoms with Crippen LogP contribution in [0.4, 0.5) is 30.8 Å². The monoisotopic (exact) mass is 453 g/mol. The third-order valence-corrected chi connectivity index (χ3v) is 5.46. The standard InChI is InChI=1S/C24H25F2N5O2/c1-33-20-6-3-5-18(14-20)28-24(32)29-19-8-9-22(27-15-19)31-12-10-30(11-13-31)16-17-4-2-7-21(25)23(17)26/h2-9,14-15H,10-13,16H2,1H3,(H2,28,29,32).